The molecular formula is C14H12N4O2. The molecule has 1 aromatic carbocycles. The van der Waals surface area contributed by atoms with E-state index in [1.54, 1.807) is 4.90 Å². The maximum atomic E-state index is 12.6. The Kier molecular flexibility index (Phi) is 2.35. The van der Waals surface area contributed by atoms with Gasteiger partial charge in [0.2, 0.25) is 0 Å². The summed E-state index contributed by atoms with van der Waals surface area (Å²) < 4.78 is 7.27. The van der Waals surface area contributed by atoms with Crippen molar-refractivity contribution in [3.05, 3.63) is 48.2 Å². The summed E-state index contributed by atoms with van der Waals surface area (Å²) in [6.07, 6.45) is 3.06. The minimum Gasteiger partial charge on any atom is -0.463 e. The first kappa shape index (κ1) is 11.2. The average Bonchev–Trinajstić information content (AvgIpc) is 3.12. The number of nitrogens with zero attached hydrogens (tertiary/aromatic N) is 4. The minimum absolute atomic E-state index is 0.0239. The molecule has 0 aliphatic carbocycles. The molecule has 4 rings (SSSR count). The molecule has 0 atom stereocenters. The third-order valence-corrected chi connectivity index (χ3v) is 3.61. The van der Waals surface area contributed by atoms with Crippen LogP contribution in [0.2, 0.25) is 0 Å². The topological polar surface area (TPSA) is 64.2 Å². The molecule has 2 aromatic heterocycles. The van der Waals surface area contributed by atoms with Crippen LogP contribution in [0, 0.1) is 0 Å². The minimum atomic E-state index is -0.0239. The van der Waals surface area contributed by atoms with Gasteiger partial charge in [-0.3, -0.25) is 4.79 Å². The number of aromatic nitrogens is 3. The molecule has 0 radical (unpaired) electrons. The highest BCUT2D eigenvalue weighted by Crippen LogP contribution is 2.23. The van der Waals surface area contributed by atoms with Crippen molar-refractivity contribution >= 4 is 16.9 Å². The van der Waals surface area contributed by atoms with Crippen molar-refractivity contribution < 1.29 is 9.21 Å². The van der Waals surface area contributed by atoms with E-state index in [-0.39, 0.29) is 5.91 Å². The summed E-state index contributed by atoms with van der Waals surface area (Å²) in [5.41, 5.74) is 1.34. The monoisotopic (exact) mass is 268 g/mol. The molecule has 0 N–H and O–H groups in total. The lowest BCUT2D eigenvalue weighted by atomic mass is 10.1. The van der Waals surface area contributed by atoms with Gasteiger partial charge in [0.25, 0.3) is 5.91 Å². The number of carbonyl (C=O) groups is 1. The van der Waals surface area contributed by atoms with Gasteiger partial charge in [-0.05, 0) is 6.07 Å². The number of amides is 1. The maximum Gasteiger partial charge on any atom is 0.258 e. The number of rotatable bonds is 1. The lowest BCUT2D eigenvalue weighted by Gasteiger charge is -2.26. The summed E-state index contributed by atoms with van der Waals surface area (Å²) in [4.78, 5) is 18.6. The molecule has 0 saturated heterocycles. The van der Waals surface area contributed by atoms with Crippen LogP contribution in [0.1, 0.15) is 16.2 Å². The Hall–Kier alpha value is -2.63. The average molecular weight is 268 g/mol. The number of fused-ring (bicyclic) bond motifs is 2. The zero-order chi connectivity index (χ0) is 13.5. The van der Waals surface area contributed by atoms with Crippen molar-refractivity contribution in [2.45, 2.75) is 13.1 Å². The van der Waals surface area contributed by atoms with E-state index in [2.05, 4.69) is 10.1 Å². The lowest BCUT2D eigenvalue weighted by Crippen LogP contribution is -2.38. The number of benzene rings is 1. The van der Waals surface area contributed by atoms with Crippen molar-refractivity contribution in [1.82, 2.24) is 19.7 Å². The summed E-state index contributed by atoms with van der Waals surface area (Å²) in [6.45, 7) is 1.80. The Morgan fingerprint density at radius 2 is 2.15 bits per heavy atom. The van der Waals surface area contributed by atoms with Crippen molar-refractivity contribution in [3.8, 4) is 0 Å². The van der Waals surface area contributed by atoms with Crippen molar-refractivity contribution in [1.29, 1.82) is 0 Å². The summed E-state index contributed by atoms with van der Waals surface area (Å²) >= 11 is 0. The number of para-hydroxylation sites is 1. The summed E-state index contributed by atoms with van der Waals surface area (Å²) in [6, 6.07) is 7.56. The molecule has 0 bridgehead atoms. The molecule has 0 spiro atoms. The Labute approximate surface area is 114 Å². The normalized spacial score (nSPS) is 14.5. The van der Waals surface area contributed by atoms with E-state index in [1.165, 1.54) is 12.6 Å². The van der Waals surface area contributed by atoms with E-state index in [4.69, 9.17) is 4.42 Å². The van der Waals surface area contributed by atoms with Gasteiger partial charge in [0.15, 0.2) is 0 Å². The smallest absolute Gasteiger partial charge is 0.258 e. The Morgan fingerprint density at radius 1 is 1.25 bits per heavy atom. The predicted octanol–water partition coefficient (Wildman–Crippen LogP) is 1.68. The van der Waals surface area contributed by atoms with Gasteiger partial charge in [-0.25, -0.2) is 9.67 Å². The van der Waals surface area contributed by atoms with Gasteiger partial charge in [-0.2, -0.15) is 5.10 Å². The first-order valence-electron chi connectivity index (χ1n) is 6.45. The molecule has 1 aliphatic rings. The van der Waals surface area contributed by atoms with Crippen LogP contribution in [0.4, 0.5) is 0 Å². The van der Waals surface area contributed by atoms with Crippen molar-refractivity contribution in [2.75, 3.05) is 6.54 Å². The van der Waals surface area contributed by atoms with Crippen LogP contribution in [0.5, 0.6) is 0 Å². The number of carbonyl (C=O) groups excluding carboxylic acids is 1. The molecule has 0 saturated carbocycles. The predicted molar refractivity (Wildman–Crippen MR) is 71.0 cm³/mol. The molecule has 20 heavy (non-hydrogen) atoms. The van der Waals surface area contributed by atoms with Crippen LogP contribution in [0.3, 0.4) is 0 Å². The molecular weight excluding hydrogens is 256 g/mol. The fourth-order valence-electron chi connectivity index (χ4n) is 2.55. The maximum absolute atomic E-state index is 12.6. The highest BCUT2D eigenvalue weighted by molar-refractivity contribution is 6.05. The second-order valence-electron chi connectivity index (χ2n) is 4.77. The van der Waals surface area contributed by atoms with Gasteiger partial charge >= 0.3 is 0 Å². The van der Waals surface area contributed by atoms with E-state index in [0.717, 1.165) is 16.8 Å². The molecule has 1 aliphatic heterocycles. The number of hydrogen-bond donors (Lipinski definition) is 0. The third kappa shape index (κ3) is 1.61. The number of furan rings is 1. The van der Waals surface area contributed by atoms with Crippen LogP contribution in [-0.4, -0.2) is 32.1 Å². The molecule has 3 heterocycles. The Bertz CT molecular complexity index is 789. The van der Waals surface area contributed by atoms with E-state index < -0.39 is 0 Å². The van der Waals surface area contributed by atoms with E-state index in [9.17, 15) is 4.79 Å². The third-order valence-electron chi connectivity index (χ3n) is 3.61. The largest absolute Gasteiger partial charge is 0.463 e. The molecule has 0 unspecified atom stereocenters. The molecule has 0 fully saturated rings. The molecule has 3 aromatic rings. The Morgan fingerprint density at radius 3 is 3.10 bits per heavy atom. The van der Waals surface area contributed by atoms with Crippen LogP contribution >= 0.6 is 0 Å². The van der Waals surface area contributed by atoms with E-state index in [0.29, 0.717) is 25.2 Å². The summed E-state index contributed by atoms with van der Waals surface area (Å²) in [7, 11) is 0. The van der Waals surface area contributed by atoms with Gasteiger partial charge in [0.05, 0.1) is 18.7 Å². The Balaban J connectivity index is 1.68. The standard InChI is InChI=1S/C14H12N4O2/c19-14(11-8-20-12-4-2-1-3-10(11)12)17-5-6-18-13(7-17)15-9-16-18/h1-4,8-9H,5-7H2. The lowest BCUT2D eigenvalue weighted by molar-refractivity contribution is 0.0703. The quantitative estimate of drug-likeness (QED) is 0.673. The van der Waals surface area contributed by atoms with Gasteiger partial charge in [0, 0.05) is 11.9 Å². The highest BCUT2D eigenvalue weighted by atomic mass is 16.3. The van der Waals surface area contributed by atoms with Crippen molar-refractivity contribution in [3.63, 3.8) is 0 Å². The number of hydrogen-bond acceptors (Lipinski definition) is 4. The van der Waals surface area contributed by atoms with Crippen LogP contribution in [0.25, 0.3) is 11.0 Å². The van der Waals surface area contributed by atoms with Gasteiger partial charge < -0.3 is 9.32 Å². The molecule has 100 valence electrons. The van der Waals surface area contributed by atoms with Crippen LogP contribution in [0.15, 0.2) is 41.3 Å². The first-order chi connectivity index (χ1) is 9.83. The van der Waals surface area contributed by atoms with Crippen molar-refractivity contribution in [2.24, 2.45) is 0 Å². The second-order valence-corrected chi connectivity index (χ2v) is 4.77. The van der Waals surface area contributed by atoms with Crippen LogP contribution in [-0.2, 0) is 13.1 Å². The van der Waals surface area contributed by atoms with Crippen LogP contribution < -0.4 is 0 Å². The molecule has 6 heteroatoms. The van der Waals surface area contributed by atoms with Gasteiger partial charge in [-0.15, -0.1) is 0 Å². The summed E-state index contributed by atoms with van der Waals surface area (Å²) in [5, 5.41) is 4.96. The fourth-order valence-corrected chi connectivity index (χ4v) is 2.55. The molecule has 6 nitrogen and oxygen atoms in total. The highest BCUT2D eigenvalue weighted by Gasteiger charge is 2.25. The van der Waals surface area contributed by atoms with E-state index >= 15 is 0 Å². The fraction of sp³-hybridized carbons (Fsp3) is 0.214. The SMILES string of the molecule is O=C(c1coc2ccccc12)N1CCn2ncnc2C1. The summed E-state index contributed by atoms with van der Waals surface area (Å²) in [5.74, 6) is 0.793. The van der Waals surface area contributed by atoms with E-state index in [1.807, 2.05) is 28.9 Å². The molecule has 1 amide bonds. The van der Waals surface area contributed by atoms with Gasteiger partial charge in [-0.1, -0.05) is 18.2 Å². The van der Waals surface area contributed by atoms with Gasteiger partial charge in [0.1, 0.15) is 24.0 Å². The first-order valence-corrected chi connectivity index (χ1v) is 6.45. The zero-order valence-corrected chi connectivity index (χ0v) is 10.7. The zero-order valence-electron chi connectivity index (χ0n) is 10.7. The second kappa shape index (κ2) is 4.19.